The van der Waals surface area contributed by atoms with Crippen LogP contribution in [0.25, 0.3) is 0 Å². The van der Waals surface area contributed by atoms with Gasteiger partial charge in [0.15, 0.2) is 0 Å². The number of carbonyl (C=O) groups excluding carboxylic acids is 1. The maximum absolute atomic E-state index is 12.6. The Morgan fingerprint density at radius 1 is 1.52 bits per heavy atom. The van der Waals surface area contributed by atoms with Crippen LogP contribution in [-0.2, 0) is 16.9 Å². The van der Waals surface area contributed by atoms with Crippen LogP contribution in [0.3, 0.4) is 0 Å². The fourth-order valence-corrected chi connectivity index (χ4v) is 3.08. The van der Waals surface area contributed by atoms with E-state index < -0.39 is 5.60 Å². The highest BCUT2D eigenvalue weighted by atomic mass is 35.5. The number of hydrogen-bond donors (Lipinski definition) is 2. The fraction of sp³-hybridized carbons (Fsp3) is 0.571. The van der Waals surface area contributed by atoms with Gasteiger partial charge in [0.05, 0.1) is 29.2 Å². The Morgan fingerprint density at radius 3 is 2.91 bits per heavy atom. The highest BCUT2D eigenvalue weighted by Crippen LogP contribution is 2.30. The van der Waals surface area contributed by atoms with Gasteiger partial charge in [-0.3, -0.25) is 9.48 Å². The summed E-state index contributed by atoms with van der Waals surface area (Å²) in [6.07, 6.45) is 2.75. The quantitative estimate of drug-likeness (QED) is 0.861. The summed E-state index contributed by atoms with van der Waals surface area (Å²) < 4.78 is 1.60. The van der Waals surface area contributed by atoms with E-state index in [-0.39, 0.29) is 19.0 Å². The van der Waals surface area contributed by atoms with Gasteiger partial charge in [0.2, 0.25) is 5.91 Å². The molecule has 0 aliphatic carbocycles. The van der Waals surface area contributed by atoms with Crippen molar-refractivity contribution in [1.82, 2.24) is 30.1 Å². The lowest BCUT2D eigenvalue weighted by Crippen LogP contribution is -2.49. The number of aliphatic hydroxyl groups is 1. The number of nitrogens with one attached hydrogen (secondary N) is 1. The first-order valence-electron chi connectivity index (χ1n) is 7.46. The molecule has 2 aromatic rings. The molecule has 1 saturated heterocycles. The summed E-state index contributed by atoms with van der Waals surface area (Å²) in [5.41, 5.74) is 0.772. The predicted molar refractivity (Wildman–Crippen MR) is 82.8 cm³/mol. The molecule has 1 aliphatic rings. The van der Waals surface area contributed by atoms with Gasteiger partial charge in [-0.1, -0.05) is 11.6 Å². The maximum Gasteiger partial charge on any atom is 0.244 e. The maximum atomic E-state index is 12.6. The molecule has 2 aromatic heterocycles. The summed E-state index contributed by atoms with van der Waals surface area (Å²) in [5.74, 6) is -0.103. The second kappa shape index (κ2) is 5.93. The van der Waals surface area contributed by atoms with Crippen molar-refractivity contribution >= 4 is 17.5 Å². The molecule has 124 valence electrons. The number of halogens is 1. The van der Waals surface area contributed by atoms with Crippen LogP contribution in [0.4, 0.5) is 0 Å². The summed E-state index contributed by atoms with van der Waals surface area (Å²) in [5, 5.41) is 25.8. The van der Waals surface area contributed by atoms with Crippen molar-refractivity contribution in [2.24, 2.45) is 0 Å². The van der Waals surface area contributed by atoms with E-state index in [0.717, 1.165) is 5.69 Å². The van der Waals surface area contributed by atoms with Gasteiger partial charge < -0.3 is 10.0 Å². The van der Waals surface area contributed by atoms with E-state index in [1.807, 2.05) is 6.92 Å². The molecule has 0 radical (unpaired) electrons. The predicted octanol–water partition coefficient (Wildman–Crippen LogP) is 0.782. The number of nitrogens with zero attached hydrogens (tertiary/aromatic N) is 5. The van der Waals surface area contributed by atoms with Gasteiger partial charge in [0.1, 0.15) is 17.8 Å². The van der Waals surface area contributed by atoms with Crippen LogP contribution in [0.1, 0.15) is 29.9 Å². The van der Waals surface area contributed by atoms with Crippen LogP contribution in [0.5, 0.6) is 0 Å². The number of amides is 1. The average molecular weight is 339 g/mol. The summed E-state index contributed by atoms with van der Waals surface area (Å²) >= 11 is 6.11. The van der Waals surface area contributed by atoms with Crippen molar-refractivity contribution in [2.75, 3.05) is 13.1 Å². The van der Waals surface area contributed by atoms with Crippen LogP contribution in [-0.4, -0.2) is 54.2 Å². The largest absolute Gasteiger partial charge is 0.382 e. The van der Waals surface area contributed by atoms with Gasteiger partial charge in [0.25, 0.3) is 0 Å². The summed E-state index contributed by atoms with van der Waals surface area (Å²) in [7, 11) is 0. The standard InChI is InChI=1S/C14H19ClN6O2/c1-9-13(15)10(2)21(18-9)7-12(22)20-5-3-4-14(23,8-20)11-6-16-19-17-11/h6,23H,3-5,7-8H2,1-2H3,(H,16,17,19). The van der Waals surface area contributed by atoms with Crippen LogP contribution in [0, 0.1) is 13.8 Å². The SMILES string of the molecule is Cc1nn(CC(=O)N2CCCC(O)(c3cn[nH]n3)C2)c(C)c1Cl. The van der Waals surface area contributed by atoms with E-state index in [9.17, 15) is 9.90 Å². The molecule has 8 nitrogen and oxygen atoms in total. The van der Waals surface area contributed by atoms with Crippen LogP contribution >= 0.6 is 11.6 Å². The number of aryl methyl sites for hydroxylation is 1. The van der Waals surface area contributed by atoms with E-state index in [1.54, 1.807) is 16.5 Å². The smallest absolute Gasteiger partial charge is 0.244 e. The van der Waals surface area contributed by atoms with Gasteiger partial charge in [-0.15, -0.1) is 0 Å². The highest BCUT2D eigenvalue weighted by Gasteiger charge is 2.38. The average Bonchev–Trinajstić information content (AvgIpc) is 3.14. The van der Waals surface area contributed by atoms with Crippen molar-refractivity contribution in [2.45, 2.75) is 38.8 Å². The summed E-state index contributed by atoms with van der Waals surface area (Å²) in [6.45, 7) is 4.55. The Morgan fingerprint density at radius 2 is 2.30 bits per heavy atom. The van der Waals surface area contributed by atoms with Gasteiger partial charge in [-0.05, 0) is 26.7 Å². The van der Waals surface area contributed by atoms with E-state index in [2.05, 4.69) is 20.5 Å². The van der Waals surface area contributed by atoms with Crippen LogP contribution in [0.15, 0.2) is 6.20 Å². The Kier molecular flexibility index (Phi) is 4.11. The van der Waals surface area contributed by atoms with Gasteiger partial charge in [-0.2, -0.15) is 20.5 Å². The second-order valence-corrected chi connectivity index (χ2v) is 6.33. The number of aromatic nitrogens is 5. The van der Waals surface area contributed by atoms with Crippen LogP contribution in [0.2, 0.25) is 5.02 Å². The monoisotopic (exact) mass is 338 g/mol. The minimum absolute atomic E-state index is 0.103. The molecule has 1 aliphatic heterocycles. The first kappa shape index (κ1) is 15.9. The molecule has 0 spiro atoms. The molecule has 1 unspecified atom stereocenters. The van der Waals surface area contributed by atoms with Crippen molar-refractivity contribution in [3.63, 3.8) is 0 Å². The Balaban J connectivity index is 1.73. The van der Waals surface area contributed by atoms with E-state index in [4.69, 9.17) is 11.6 Å². The van der Waals surface area contributed by atoms with Gasteiger partial charge in [0, 0.05) is 6.54 Å². The molecule has 9 heteroatoms. The number of β-amino-alcohol motifs (C(OH)–C–C–N with tert-alkyl or cyclic N) is 1. The first-order valence-corrected chi connectivity index (χ1v) is 7.84. The van der Waals surface area contributed by atoms with Crippen molar-refractivity contribution < 1.29 is 9.90 Å². The third kappa shape index (κ3) is 2.96. The number of piperidine rings is 1. The zero-order valence-electron chi connectivity index (χ0n) is 13.1. The number of H-pyrrole nitrogens is 1. The number of hydrogen-bond acceptors (Lipinski definition) is 5. The molecule has 3 heterocycles. The van der Waals surface area contributed by atoms with E-state index >= 15 is 0 Å². The fourth-order valence-electron chi connectivity index (χ4n) is 2.94. The molecule has 0 bridgehead atoms. The van der Waals surface area contributed by atoms with E-state index in [1.165, 1.54) is 6.20 Å². The Hall–Kier alpha value is -1.93. The van der Waals surface area contributed by atoms with Crippen molar-refractivity contribution in [3.05, 3.63) is 28.3 Å². The molecule has 1 amide bonds. The zero-order chi connectivity index (χ0) is 16.6. The molecule has 1 fully saturated rings. The zero-order valence-corrected chi connectivity index (χ0v) is 13.8. The van der Waals surface area contributed by atoms with Crippen molar-refractivity contribution in [1.29, 1.82) is 0 Å². The molecule has 1 atom stereocenters. The summed E-state index contributed by atoms with van der Waals surface area (Å²) in [6, 6.07) is 0. The molecular formula is C14H19ClN6O2. The summed E-state index contributed by atoms with van der Waals surface area (Å²) in [4.78, 5) is 14.2. The van der Waals surface area contributed by atoms with Crippen LogP contribution < -0.4 is 0 Å². The molecule has 2 N–H and O–H groups in total. The van der Waals surface area contributed by atoms with Gasteiger partial charge >= 0.3 is 0 Å². The molecule has 0 saturated carbocycles. The third-order valence-electron chi connectivity index (χ3n) is 4.29. The second-order valence-electron chi connectivity index (χ2n) is 5.95. The Bertz CT molecular complexity index is 713. The van der Waals surface area contributed by atoms with E-state index in [0.29, 0.717) is 35.8 Å². The van der Waals surface area contributed by atoms with Crippen molar-refractivity contribution in [3.8, 4) is 0 Å². The molecule has 23 heavy (non-hydrogen) atoms. The third-order valence-corrected chi connectivity index (χ3v) is 4.84. The number of rotatable bonds is 3. The lowest BCUT2D eigenvalue weighted by atomic mass is 9.90. The lowest BCUT2D eigenvalue weighted by Gasteiger charge is -2.38. The highest BCUT2D eigenvalue weighted by molar-refractivity contribution is 6.31. The first-order chi connectivity index (χ1) is 10.9. The minimum Gasteiger partial charge on any atom is -0.382 e. The topological polar surface area (TPSA) is 99.9 Å². The number of aromatic amines is 1. The van der Waals surface area contributed by atoms with Gasteiger partial charge in [-0.25, -0.2) is 0 Å². The Labute approximate surface area is 138 Å². The molecular weight excluding hydrogens is 320 g/mol. The minimum atomic E-state index is -1.16. The number of likely N-dealkylation sites (tertiary alicyclic amines) is 1. The lowest BCUT2D eigenvalue weighted by molar-refractivity contribution is -0.140. The normalized spacial score (nSPS) is 21.7. The number of carbonyl (C=O) groups is 1. The molecule has 3 rings (SSSR count). The molecule has 0 aromatic carbocycles.